The minimum atomic E-state index is -0.391. The average molecular weight is 290 g/mol. The largest absolute Gasteiger partial charge is 0.392 e. The van der Waals surface area contributed by atoms with Gasteiger partial charge in [-0.05, 0) is 30.5 Å². The zero-order chi connectivity index (χ0) is 15.4. The predicted octanol–water partition coefficient (Wildman–Crippen LogP) is 1.76. The van der Waals surface area contributed by atoms with E-state index in [-0.39, 0.29) is 24.3 Å². The van der Waals surface area contributed by atoms with Crippen LogP contribution >= 0.6 is 0 Å². The highest BCUT2D eigenvalue weighted by Gasteiger charge is 2.34. The molecular formula is C16H22N2O3. The van der Waals surface area contributed by atoms with Gasteiger partial charge in [-0.1, -0.05) is 26.0 Å². The number of aliphatic hydroxyl groups is 1. The van der Waals surface area contributed by atoms with Crippen molar-refractivity contribution in [3.05, 3.63) is 29.8 Å². The molecule has 1 fully saturated rings. The molecule has 0 bridgehead atoms. The molecule has 2 N–H and O–H groups in total. The maximum atomic E-state index is 12.4. The zero-order valence-corrected chi connectivity index (χ0v) is 12.5. The highest BCUT2D eigenvalue weighted by atomic mass is 16.3. The van der Waals surface area contributed by atoms with Gasteiger partial charge in [0, 0.05) is 18.2 Å². The van der Waals surface area contributed by atoms with Crippen molar-refractivity contribution in [1.82, 2.24) is 4.90 Å². The molecular weight excluding hydrogens is 268 g/mol. The van der Waals surface area contributed by atoms with Crippen molar-refractivity contribution in [2.75, 3.05) is 11.9 Å². The first-order valence-corrected chi connectivity index (χ1v) is 7.34. The fraction of sp³-hybridized carbons (Fsp3) is 0.500. The molecule has 5 heteroatoms. The zero-order valence-electron chi connectivity index (χ0n) is 12.5. The Morgan fingerprint density at radius 3 is 2.86 bits per heavy atom. The number of aliphatic hydroxyl groups excluding tert-OH is 1. The van der Waals surface area contributed by atoms with Gasteiger partial charge < -0.3 is 15.3 Å². The monoisotopic (exact) mass is 290 g/mol. The van der Waals surface area contributed by atoms with Gasteiger partial charge in [0.05, 0.1) is 6.61 Å². The number of amides is 2. The van der Waals surface area contributed by atoms with Crippen molar-refractivity contribution in [3.8, 4) is 0 Å². The smallest absolute Gasteiger partial charge is 0.247 e. The minimum Gasteiger partial charge on any atom is -0.392 e. The number of nitrogens with zero attached hydrogens (tertiary/aromatic N) is 1. The minimum absolute atomic E-state index is 0.0248. The lowest BCUT2D eigenvalue weighted by atomic mass is 10.1. The molecule has 0 spiro atoms. The van der Waals surface area contributed by atoms with Gasteiger partial charge in [0.2, 0.25) is 11.8 Å². The van der Waals surface area contributed by atoms with Crippen LogP contribution in [0.5, 0.6) is 0 Å². The lowest BCUT2D eigenvalue weighted by Gasteiger charge is -2.25. The van der Waals surface area contributed by atoms with Gasteiger partial charge in [-0.25, -0.2) is 0 Å². The molecule has 2 amide bonds. The summed E-state index contributed by atoms with van der Waals surface area (Å²) in [6.07, 6.45) is 1.55. The van der Waals surface area contributed by atoms with Crippen LogP contribution in [0.3, 0.4) is 0 Å². The summed E-state index contributed by atoms with van der Waals surface area (Å²) in [5.74, 6) is -0.232. The Labute approximate surface area is 125 Å². The van der Waals surface area contributed by atoms with Crippen LogP contribution in [0.1, 0.15) is 32.3 Å². The maximum absolute atomic E-state index is 12.4. The molecule has 1 aliphatic rings. The Balaban J connectivity index is 2.06. The first kappa shape index (κ1) is 15.5. The number of hydrogen-bond acceptors (Lipinski definition) is 3. The van der Waals surface area contributed by atoms with Gasteiger partial charge in [-0.15, -0.1) is 0 Å². The number of anilines is 1. The maximum Gasteiger partial charge on any atom is 0.247 e. The van der Waals surface area contributed by atoms with Gasteiger partial charge in [0.25, 0.3) is 0 Å². The molecule has 1 aliphatic heterocycles. The summed E-state index contributed by atoms with van der Waals surface area (Å²) >= 11 is 0. The number of rotatable bonds is 4. The highest BCUT2D eigenvalue weighted by Crippen LogP contribution is 2.21. The quantitative estimate of drug-likeness (QED) is 0.888. The van der Waals surface area contributed by atoms with Gasteiger partial charge in [0.1, 0.15) is 6.04 Å². The van der Waals surface area contributed by atoms with E-state index in [0.29, 0.717) is 18.7 Å². The summed E-state index contributed by atoms with van der Waals surface area (Å²) in [6, 6.07) is 6.70. The number of carbonyl (C=O) groups is 2. The van der Waals surface area contributed by atoms with Crippen LogP contribution in [-0.4, -0.2) is 34.4 Å². The predicted molar refractivity (Wildman–Crippen MR) is 80.6 cm³/mol. The second-order valence-electron chi connectivity index (χ2n) is 5.69. The SMILES string of the molecule is CC(C)C(=O)N1CCCC1C(=O)Nc1cccc(CO)c1. The van der Waals surface area contributed by atoms with E-state index in [9.17, 15) is 9.59 Å². The van der Waals surface area contributed by atoms with Crippen LogP contribution in [0.4, 0.5) is 5.69 Å². The second kappa shape index (κ2) is 6.72. The molecule has 1 aromatic rings. The van der Waals surface area contributed by atoms with E-state index in [1.807, 2.05) is 13.8 Å². The third kappa shape index (κ3) is 3.61. The lowest BCUT2D eigenvalue weighted by Crippen LogP contribution is -2.44. The molecule has 1 aromatic carbocycles. The van der Waals surface area contributed by atoms with E-state index >= 15 is 0 Å². The normalized spacial score (nSPS) is 18.1. The summed E-state index contributed by atoms with van der Waals surface area (Å²) in [4.78, 5) is 26.2. The highest BCUT2D eigenvalue weighted by molar-refractivity contribution is 5.97. The van der Waals surface area contributed by atoms with Crippen LogP contribution in [-0.2, 0) is 16.2 Å². The van der Waals surface area contributed by atoms with Crippen LogP contribution in [0.25, 0.3) is 0 Å². The van der Waals surface area contributed by atoms with Gasteiger partial charge >= 0.3 is 0 Å². The molecule has 0 saturated carbocycles. The topological polar surface area (TPSA) is 69.6 Å². The molecule has 0 aromatic heterocycles. The van der Waals surface area contributed by atoms with E-state index in [4.69, 9.17) is 5.11 Å². The van der Waals surface area contributed by atoms with Crippen molar-refractivity contribution >= 4 is 17.5 Å². The van der Waals surface area contributed by atoms with Gasteiger partial charge in [-0.3, -0.25) is 9.59 Å². The average Bonchev–Trinajstić information content (AvgIpc) is 2.95. The van der Waals surface area contributed by atoms with Crippen molar-refractivity contribution in [2.24, 2.45) is 5.92 Å². The van der Waals surface area contributed by atoms with E-state index in [1.54, 1.807) is 29.2 Å². The summed E-state index contributed by atoms with van der Waals surface area (Å²) in [5.41, 5.74) is 1.39. The summed E-state index contributed by atoms with van der Waals surface area (Å²) in [6.45, 7) is 4.28. The molecule has 1 unspecified atom stereocenters. The Morgan fingerprint density at radius 1 is 1.43 bits per heavy atom. The number of hydrogen-bond donors (Lipinski definition) is 2. The van der Waals surface area contributed by atoms with Gasteiger partial charge in [-0.2, -0.15) is 0 Å². The standard InChI is InChI=1S/C16H22N2O3/c1-11(2)16(21)18-8-4-7-14(18)15(20)17-13-6-3-5-12(9-13)10-19/h3,5-6,9,11,14,19H,4,7-8,10H2,1-2H3,(H,17,20). The third-order valence-electron chi connectivity index (χ3n) is 3.71. The number of likely N-dealkylation sites (tertiary alicyclic amines) is 1. The molecule has 2 rings (SSSR count). The summed E-state index contributed by atoms with van der Waals surface area (Å²) < 4.78 is 0. The van der Waals surface area contributed by atoms with E-state index < -0.39 is 6.04 Å². The third-order valence-corrected chi connectivity index (χ3v) is 3.71. The molecule has 114 valence electrons. The van der Waals surface area contributed by atoms with Crippen LogP contribution in [0.15, 0.2) is 24.3 Å². The first-order chi connectivity index (χ1) is 10.0. The molecule has 1 heterocycles. The molecule has 0 radical (unpaired) electrons. The molecule has 1 atom stereocenters. The second-order valence-corrected chi connectivity index (χ2v) is 5.69. The fourth-order valence-electron chi connectivity index (χ4n) is 2.61. The summed E-state index contributed by atoms with van der Waals surface area (Å²) in [5, 5.41) is 12.0. The van der Waals surface area contributed by atoms with Crippen LogP contribution < -0.4 is 5.32 Å². The molecule has 0 aliphatic carbocycles. The number of carbonyl (C=O) groups excluding carboxylic acids is 2. The van der Waals surface area contributed by atoms with Crippen molar-refractivity contribution in [1.29, 1.82) is 0 Å². The van der Waals surface area contributed by atoms with Crippen LogP contribution in [0, 0.1) is 5.92 Å². The van der Waals surface area contributed by atoms with E-state index in [0.717, 1.165) is 12.0 Å². The Hall–Kier alpha value is -1.88. The van der Waals surface area contributed by atoms with Crippen LogP contribution in [0.2, 0.25) is 0 Å². The van der Waals surface area contributed by atoms with E-state index in [1.165, 1.54) is 0 Å². The van der Waals surface area contributed by atoms with Crippen molar-refractivity contribution < 1.29 is 14.7 Å². The van der Waals surface area contributed by atoms with Crippen molar-refractivity contribution in [2.45, 2.75) is 39.3 Å². The Bertz CT molecular complexity index is 528. The number of nitrogens with one attached hydrogen (secondary N) is 1. The van der Waals surface area contributed by atoms with Crippen molar-refractivity contribution in [3.63, 3.8) is 0 Å². The Kier molecular flexibility index (Phi) is 4.96. The molecule has 5 nitrogen and oxygen atoms in total. The Morgan fingerprint density at radius 2 is 2.19 bits per heavy atom. The lowest BCUT2D eigenvalue weighted by molar-refractivity contribution is -0.139. The van der Waals surface area contributed by atoms with Gasteiger partial charge in [0.15, 0.2) is 0 Å². The van der Waals surface area contributed by atoms with E-state index in [2.05, 4.69) is 5.32 Å². The first-order valence-electron chi connectivity index (χ1n) is 7.34. The molecule has 21 heavy (non-hydrogen) atoms. The fourth-order valence-corrected chi connectivity index (χ4v) is 2.61. The molecule has 1 saturated heterocycles. The summed E-state index contributed by atoms with van der Waals surface area (Å²) in [7, 11) is 0. The number of benzene rings is 1.